The van der Waals surface area contributed by atoms with Gasteiger partial charge >= 0.3 is 0 Å². The average molecular weight is 191 g/mol. The third-order valence-electron chi connectivity index (χ3n) is 3.16. The van der Waals surface area contributed by atoms with Gasteiger partial charge in [-0.3, -0.25) is 0 Å². The molecule has 2 heteroatoms. The molecule has 2 N–H and O–H groups in total. The number of nitrogens with one attached hydrogen (secondary N) is 1. The summed E-state index contributed by atoms with van der Waals surface area (Å²) in [5.74, 6) is 1.56. The number of para-hydroxylation sites is 1. The van der Waals surface area contributed by atoms with Gasteiger partial charge in [0.15, 0.2) is 0 Å². The maximum absolute atomic E-state index is 9.75. The summed E-state index contributed by atoms with van der Waals surface area (Å²) in [4.78, 5) is 0. The first-order valence-electron chi connectivity index (χ1n) is 5.27. The summed E-state index contributed by atoms with van der Waals surface area (Å²) >= 11 is 0. The Balaban J connectivity index is 2.25. The minimum atomic E-state index is 0.438. The molecule has 2 rings (SSSR count). The van der Waals surface area contributed by atoms with Gasteiger partial charge in [-0.15, -0.1) is 0 Å². The summed E-state index contributed by atoms with van der Waals surface area (Å²) < 4.78 is 0. The largest absolute Gasteiger partial charge is 0.508 e. The number of aromatic hydroxyl groups is 1. The van der Waals surface area contributed by atoms with Gasteiger partial charge in [0.05, 0.1) is 0 Å². The van der Waals surface area contributed by atoms with Crippen LogP contribution in [0.4, 0.5) is 0 Å². The van der Waals surface area contributed by atoms with Gasteiger partial charge in [0, 0.05) is 12.5 Å². The zero-order chi connectivity index (χ0) is 9.97. The van der Waals surface area contributed by atoms with Crippen molar-refractivity contribution in [2.24, 2.45) is 5.92 Å². The first-order chi connectivity index (χ1) is 6.79. The SMILES string of the molecule is CC1CCNCC1c1ccccc1O. The second-order valence-corrected chi connectivity index (χ2v) is 4.14. The van der Waals surface area contributed by atoms with Crippen LogP contribution in [-0.4, -0.2) is 18.2 Å². The Morgan fingerprint density at radius 3 is 2.86 bits per heavy atom. The van der Waals surface area contributed by atoms with Crippen LogP contribution in [0.25, 0.3) is 0 Å². The standard InChI is InChI=1S/C12H17NO/c1-9-6-7-13-8-11(9)10-4-2-3-5-12(10)14/h2-5,9,11,13-14H,6-8H2,1H3. The first-order valence-corrected chi connectivity index (χ1v) is 5.27. The Bertz CT molecular complexity index is 311. The Morgan fingerprint density at radius 1 is 1.36 bits per heavy atom. The second kappa shape index (κ2) is 4.01. The Hall–Kier alpha value is -1.02. The summed E-state index contributed by atoms with van der Waals surface area (Å²) in [5.41, 5.74) is 1.09. The van der Waals surface area contributed by atoms with Crippen LogP contribution in [0.5, 0.6) is 5.75 Å². The van der Waals surface area contributed by atoms with Crippen molar-refractivity contribution >= 4 is 0 Å². The molecule has 0 amide bonds. The summed E-state index contributed by atoms with van der Waals surface area (Å²) in [6.45, 7) is 4.35. The van der Waals surface area contributed by atoms with E-state index >= 15 is 0 Å². The van der Waals surface area contributed by atoms with Crippen molar-refractivity contribution in [2.45, 2.75) is 19.3 Å². The van der Waals surface area contributed by atoms with Crippen LogP contribution >= 0.6 is 0 Å². The molecular formula is C12H17NO. The van der Waals surface area contributed by atoms with Crippen molar-refractivity contribution in [1.82, 2.24) is 5.32 Å². The van der Waals surface area contributed by atoms with E-state index in [-0.39, 0.29) is 0 Å². The van der Waals surface area contributed by atoms with Gasteiger partial charge < -0.3 is 10.4 Å². The highest BCUT2D eigenvalue weighted by Gasteiger charge is 2.24. The van der Waals surface area contributed by atoms with E-state index in [1.54, 1.807) is 6.07 Å². The minimum Gasteiger partial charge on any atom is -0.508 e. The number of hydrogen-bond acceptors (Lipinski definition) is 2. The smallest absolute Gasteiger partial charge is 0.119 e. The van der Waals surface area contributed by atoms with E-state index in [4.69, 9.17) is 0 Å². The van der Waals surface area contributed by atoms with Crippen molar-refractivity contribution in [3.8, 4) is 5.75 Å². The summed E-state index contributed by atoms with van der Waals surface area (Å²) in [7, 11) is 0. The third kappa shape index (κ3) is 1.75. The van der Waals surface area contributed by atoms with E-state index in [9.17, 15) is 5.11 Å². The zero-order valence-corrected chi connectivity index (χ0v) is 8.53. The van der Waals surface area contributed by atoms with E-state index in [1.807, 2.05) is 18.2 Å². The molecule has 2 unspecified atom stereocenters. The average Bonchev–Trinajstić information content (AvgIpc) is 2.20. The molecule has 1 fully saturated rings. The summed E-state index contributed by atoms with van der Waals surface area (Å²) in [6.07, 6.45) is 1.19. The van der Waals surface area contributed by atoms with Gasteiger partial charge in [-0.05, 0) is 30.5 Å². The number of benzene rings is 1. The Labute approximate surface area is 85.0 Å². The molecule has 1 aromatic carbocycles. The Morgan fingerprint density at radius 2 is 2.14 bits per heavy atom. The van der Waals surface area contributed by atoms with E-state index < -0.39 is 0 Å². The van der Waals surface area contributed by atoms with Gasteiger partial charge in [0.25, 0.3) is 0 Å². The van der Waals surface area contributed by atoms with Gasteiger partial charge in [0.1, 0.15) is 5.75 Å². The molecule has 1 aliphatic rings. The molecule has 0 aliphatic carbocycles. The van der Waals surface area contributed by atoms with Gasteiger partial charge in [-0.2, -0.15) is 0 Å². The molecule has 1 saturated heterocycles. The molecule has 2 atom stereocenters. The van der Waals surface area contributed by atoms with Crippen molar-refractivity contribution in [2.75, 3.05) is 13.1 Å². The van der Waals surface area contributed by atoms with Crippen molar-refractivity contribution < 1.29 is 5.11 Å². The molecule has 2 nitrogen and oxygen atoms in total. The quantitative estimate of drug-likeness (QED) is 0.712. The second-order valence-electron chi connectivity index (χ2n) is 4.14. The van der Waals surface area contributed by atoms with Crippen LogP contribution in [0.2, 0.25) is 0 Å². The van der Waals surface area contributed by atoms with E-state index in [0.29, 0.717) is 17.6 Å². The lowest BCUT2D eigenvalue weighted by molar-refractivity contribution is 0.338. The monoisotopic (exact) mass is 191 g/mol. The molecule has 0 bridgehead atoms. The molecule has 1 aliphatic heterocycles. The highest BCUT2D eigenvalue weighted by atomic mass is 16.3. The lowest BCUT2D eigenvalue weighted by atomic mass is 9.82. The van der Waals surface area contributed by atoms with Gasteiger partial charge in [-0.1, -0.05) is 25.1 Å². The van der Waals surface area contributed by atoms with Crippen molar-refractivity contribution in [3.05, 3.63) is 29.8 Å². The highest BCUT2D eigenvalue weighted by molar-refractivity contribution is 5.35. The Kier molecular flexibility index (Phi) is 2.73. The van der Waals surface area contributed by atoms with Gasteiger partial charge in [0.2, 0.25) is 0 Å². The molecule has 0 saturated carbocycles. The maximum Gasteiger partial charge on any atom is 0.119 e. The van der Waals surface area contributed by atoms with E-state index in [0.717, 1.165) is 18.7 Å². The zero-order valence-electron chi connectivity index (χ0n) is 8.53. The van der Waals surface area contributed by atoms with Crippen LogP contribution < -0.4 is 5.32 Å². The van der Waals surface area contributed by atoms with Crippen LogP contribution in [-0.2, 0) is 0 Å². The fourth-order valence-electron chi connectivity index (χ4n) is 2.21. The van der Waals surface area contributed by atoms with Crippen LogP contribution in [0.15, 0.2) is 24.3 Å². The fourth-order valence-corrected chi connectivity index (χ4v) is 2.21. The fraction of sp³-hybridized carbons (Fsp3) is 0.500. The number of piperidine rings is 1. The predicted octanol–water partition coefficient (Wildman–Crippen LogP) is 2.11. The summed E-state index contributed by atoms with van der Waals surface area (Å²) in [5, 5.41) is 13.1. The lowest BCUT2D eigenvalue weighted by Crippen LogP contribution is -2.33. The van der Waals surface area contributed by atoms with Crippen molar-refractivity contribution in [1.29, 1.82) is 0 Å². The topological polar surface area (TPSA) is 32.3 Å². The molecule has 0 aromatic heterocycles. The van der Waals surface area contributed by atoms with Crippen LogP contribution in [0, 0.1) is 5.92 Å². The minimum absolute atomic E-state index is 0.438. The normalized spacial score (nSPS) is 27.5. The lowest BCUT2D eigenvalue weighted by Gasteiger charge is -2.30. The first kappa shape index (κ1) is 9.53. The number of hydrogen-bond donors (Lipinski definition) is 2. The molecule has 0 radical (unpaired) electrons. The molecule has 0 spiro atoms. The molecule has 1 heterocycles. The third-order valence-corrected chi connectivity index (χ3v) is 3.16. The number of phenols is 1. The molecular weight excluding hydrogens is 174 g/mol. The molecule has 76 valence electrons. The van der Waals surface area contributed by atoms with E-state index in [1.165, 1.54) is 6.42 Å². The molecule has 1 aromatic rings. The number of rotatable bonds is 1. The molecule has 14 heavy (non-hydrogen) atoms. The van der Waals surface area contributed by atoms with E-state index in [2.05, 4.69) is 12.2 Å². The summed E-state index contributed by atoms with van der Waals surface area (Å²) in [6, 6.07) is 7.68. The van der Waals surface area contributed by atoms with Gasteiger partial charge in [-0.25, -0.2) is 0 Å². The highest BCUT2D eigenvalue weighted by Crippen LogP contribution is 2.33. The van der Waals surface area contributed by atoms with Crippen LogP contribution in [0.1, 0.15) is 24.8 Å². The predicted molar refractivity (Wildman–Crippen MR) is 57.5 cm³/mol. The number of phenolic OH excluding ortho intramolecular Hbond substituents is 1. The van der Waals surface area contributed by atoms with Crippen molar-refractivity contribution in [3.63, 3.8) is 0 Å². The maximum atomic E-state index is 9.75. The van der Waals surface area contributed by atoms with Crippen LogP contribution in [0.3, 0.4) is 0 Å².